The van der Waals surface area contributed by atoms with Crippen LogP contribution in [0.2, 0.25) is 0 Å². The third-order valence-corrected chi connectivity index (χ3v) is 5.38. The molecule has 2 aromatic carbocycles. The SMILES string of the molecule is CCOc1ccccc1N1C[C@H](C(=O)NCCSc2ccccc2)CC1=O. The van der Waals surface area contributed by atoms with Crippen LogP contribution >= 0.6 is 11.8 Å². The van der Waals surface area contributed by atoms with Crippen LogP contribution in [0.25, 0.3) is 0 Å². The highest BCUT2D eigenvalue weighted by Crippen LogP contribution is 2.33. The molecule has 0 aromatic heterocycles. The zero-order valence-corrected chi connectivity index (χ0v) is 16.2. The number of nitrogens with one attached hydrogen (secondary N) is 1. The molecule has 1 aliphatic heterocycles. The highest BCUT2D eigenvalue weighted by molar-refractivity contribution is 7.99. The normalized spacial score (nSPS) is 16.4. The summed E-state index contributed by atoms with van der Waals surface area (Å²) in [5.41, 5.74) is 0.735. The highest BCUT2D eigenvalue weighted by Gasteiger charge is 2.36. The number of hydrogen-bond donors (Lipinski definition) is 1. The van der Waals surface area contributed by atoms with Gasteiger partial charge in [-0.05, 0) is 31.2 Å². The van der Waals surface area contributed by atoms with Crippen molar-refractivity contribution in [2.45, 2.75) is 18.2 Å². The third kappa shape index (κ3) is 5.04. The molecule has 1 aliphatic rings. The molecule has 1 saturated heterocycles. The summed E-state index contributed by atoms with van der Waals surface area (Å²) in [4.78, 5) is 27.7. The third-order valence-electron chi connectivity index (χ3n) is 4.36. The fraction of sp³-hybridized carbons (Fsp3) is 0.333. The van der Waals surface area contributed by atoms with Gasteiger partial charge in [0.2, 0.25) is 11.8 Å². The summed E-state index contributed by atoms with van der Waals surface area (Å²) in [6, 6.07) is 17.5. The maximum absolute atomic E-state index is 12.5. The van der Waals surface area contributed by atoms with Crippen LogP contribution < -0.4 is 15.0 Å². The van der Waals surface area contributed by atoms with E-state index < -0.39 is 0 Å². The summed E-state index contributed by atoms with van der Waals surface area (Å²) >= 11 is 1.70. The van der Waals surface area contributed by atoms with Gasteiger partial charge in [-0.2, -0.15) is 0 Å². The second-order valence-corrected chi connectivity index (χ2v) is 7.43. The Morgan fingerprint density at radius 3 is 2.70 bits per heavy atom. The molecule has 1 atom stereocenters. The summed E-state index contributed by atoms with van der Waals surface area (Å²) in [6.45, 7) is 3.41. The zero-order valence-electron chi connectivity index (χ0n) is 15.4. The zero-order chi connectivity index (χ0) is 19.1. The van der Waals surface area contributed by atoms with Crippen LogP contribution in [-0.2, 0) is 9.59 Å². The number of carbonyl (C=O) groups is 2. The number of anilines is 1. The molecule has 0 radical (unpaired) electrons. The predicted octanol–water partition coefficient (Wildman–Crippen LogP) is 3.35. The Bertz CT molecular complexity index is 782. The Labute approximate surface area is 164 Å². The van der Waals surface area contributed by atoms with Crippen LogP contribution in [0, 0.1) is 5.92 Å². The molecule has 0 spiro atoms. The highest BCUT2D eigenvalue weighted by atomic mass is 32.2. The van der Waals surface area contributed by atoms with E-state index in [2.05, 4.69) is 17.4 Å². The van der Waals surface area contributed by atoms with E-state index in [-0.39, 0.29) is 24.2 Å². The molecule has 0 bridgehead atoms. The molecule has 1 N–H and O–H groups in total. The Kier molecular flexibility index (Phi) is 6.76. The molecule has 27 heavy (non-hydrogen) atoms. The number of carbonyl (C=O) groups excluding carboxylic acids is 2. The molecular weight excluding hydrogens is 360 g/mol. The van der Waals surface area contributed by atoms with Crippen LogP contribution in [0.15, 0.2) is 59.5 Å². The van der Waals surface area contributed by atoms with Gasteiger partial charge in [0, 0.05) is 30.2 Å². The molecule has 1 heterocycles. The summed E-state index contributed by atoms with van der Waals surface area (Å²) in [5, 5.41) is 2.96. The van der Waals surface area contributed by atoms with Crippen molar-refractivity contribution in [3.05, 3.63) is 54.6 Å². The van der Waals surface area contributed by atoms with Crippen LogP contribution in [0.3, 0.4) is 0 Å². The maximum Gasteiger partial charge on any atom is 0.227 e. The average molecular weight is 385 g/mol. The molecular formula is C21H24N2O3S. The van der Waals surface area contributed by atoms with Gasteiger partial charge < -0.3 is 15.0 Å². The van der Waals surface area contributed by atoms with E-state index in [9.17, 15) is 9.59 Å². The van der Waals surface area contributed by atoms with E-state index in [4.69, 9.17) is 4.74 Å². The summed E-state index contributed by atoms with van der Waals surface area (Å²) in [6.07, 6.45) is 0.234. The largest absolute Gasteiger partial charge is 0.492 e. The average Bonchev–Trinajstić information content (AvgIpc) is 3.08. The van der Waals surface area contributed by atoms with Gasteiger partial charge in [-0.3, -0.25) is 9.59 Å². The van der Waals surface area contributed by atoms with Crippen LogP contribution in [-0.4, -0.2) is 37.3 Å². The second-order valence-electron chi connectivity index (χ2n) is 6.26. The van der Waals surface area contributed by atoms with Gasteiger partial charge in [0.05, 0.1) is 18.2 Å². The van der Waals surface area contributed by atoms with Gasteiger partial charge >= 0.3 is 0 Å². The minimum absolute atomic E-state index is 0.0408. The second kappa shape index (κ2) is 9.46. The Morgan fingerprint density at radius 2 is 1.93 bits per heavy atom. The van der Waals surface area contributed by atoms with Gasteiger partial charge in [0.1, 0.15) is 5.75 Å². The smallest absolute Gasteiger partial charge is 0.227 e. The van der Waals surface area contributed by atoms with E-state index in [0.29, 0.717) is 25.4 Å². The number of rotatable bonds is 8. The van der Waals surface area contributed by atoms with Crippen molar-refractivity contribution < 1.29 is 14.3 Å². The van der Waals surface area contributed by atoms with Crippen molar-refractivity contribution in [1.29, 1.82) is 0 Å². The first-order chi connectivity index (χ1) is 13.2. The van der Waals surface area contributed by atoms with Gasteiger partial charge in [0.25, 0.3) is 0 Å². The molecule has 0 aliphatic carbocycles. The molecule has 0 saturated carbocycles. The Morgan fingerprint density at radius 1 is 1.19 bits per heavy atom. The Balaban J connectivity index is 1.52. The monoisotopic (exact) mass is 384 g/mol. The topological polar surface area (TPSA) is 58.6 Å². The van der Waals surface area contributed by atoms with E-state index in [1.807, 2.05) is 49.4 Å². The van der Waals surface area contributed by atoms with Crippen molar-refractivity contribution in [2.24, 2.45) is 5.92 Å². The van der Waals surface area contributed by atoms with Gasteiger partial charge in [0.15, 0.2) is 0 Å². The number of para-hydroxylation sites is 2. The Hall–Kier alpha value is -2.47. The van der Waals surface area contributed by atoms with Crippen molar-refractivity contribution in [3.8, 4) is 5.75 Å². The van der Waals surface area contributed by atoms with Crippen LogP contribution in [0.5, 0.6) is 5.75 Å². The lowest BCUT2D eigenvalue weighted by molar-refractivity contribution is -0.126. The van der Waals surface area contributed by atoms with E-state index in [1.165, 1.54) is 4.90 Å². The van der Waals surface area contributed by atoms with Crippen molar-refractivity contribution in [1.82, 2.24) is 5.32 Å². The predicted molar refractivity (Wildman–Crippen MR) is 108 cm³/mol. The number of thioether (sulfide) groups is 1. The maximum atomic E-state index is 12.5. The summed E-state index contributed by atoms with van der Waals surface area (Å²) in [5.74, 6) is 1.05. The molecule has 5 nitrogen and oxygen atoms in total. The molecule has 2 amide bonds. The number of amides is 2. The van der Waals surface area contributed by atoms with E-state index >= 15 is 0 Å². The standard InChI is InChI=1S/C21H24N2O3S/c1-2-26-19-11-7-6-10-18(19)23-15-16(14-20(23)24)21(25)22-12-13-27-17-8-4-3-5-9-17/h3-11,16H,2,12-15H2,1H3,(H,22,25)/t16-/m1/s1. The summed E-state index contributed by atoms with van der Waals surface area (Å²) < 4.78 is 5.62. The number of nitrogens with zero attached hydrogens (tertiary/aromatic N) is 1. The molecule has 0 unspecified atom stereocenters. The first-order valence-corrected chi connectivity index (χ1v) is 10.2. The van der Waals surface area contributed by atoms with Gasteiger partial charge in [-0.15, -0.1) is 11.8 Å². The van der Waals surface area contributed by atoms with Gasteiger partial charge in [-0.1, -0.05) is 30.3 Å². The quantitative estimate of drug-likeness (QED) is 0.560. The molecule has 1 fully saturated rings. The molecule has 2 aromatic rings. The number of benzene rings is 2. The first-order valence-electron chi connectivity index (χ1n) is 9.16. The molecule has 3 rings (SSSR count). The number of hydrogen-bond acceptors (Lipinski definition) is 4. The lowest BCUT2D eigenvalue weighted by atomic mass is 10.1. The first kappa shape index (κ1) is 19.3. The van der Waals surface area contributed by atoms with E-state index in [0.717, 1.165) is 11.4 Å². The summed E-state index contributed by atoms with van der Waals surface area (Å²) in [7, 11) is 0. The molecule has 6 heteroatoms. The fourth-order valence-corrected chi connectivity index (χ4v) is 3.87. The van der Waals surface area contributed by atoms with Crippen LogP contribution in [0.4, 0.5) is 5.69 Å². The van der Waals surface area contributed by atoms with Crippen LogP contribution in [0.1, 0.15) is 13.3 Å². The van der Waals surface area contributed by atoms with Gasteiger partial charge in [-0.25, -0.2) is 0 Å². The van der Waals surface area contributed by atoms with Crippen molar-refractivity contribution in [2.75, 3.05) is 30.3 Å². The van der Waals surface area contributed by atoms with E-state index in [1.54, 1.807) is 16.7 Å². The fourth-order valence-electron chi connectivity index (χ4n) is 3.08. The minimum Gasteiger partial charge on any atom is -0.492 e. The van der Waals surface area contributed by atoms with Crippen molar-refractivity contribution in [3.63, 3.8) is 0 Å². The lowest BCUT2D eigenvalue weighted by Gasteiger charge is -2.20. The number of ether oxygens (including phenoxy) is 1. The van der Waals surface area contributed by atoms with Crippen molar-refractivity contribution >= 4 is 29.3 Å². The molecule has 142 valence electrons. The lowest BCUT2D eigenvalue weighted by Crippen LogP contribution is -2.34. The minimum atomic E-state index is -0.325.